The van der Waals surface area contributed by atoms with Gasteiger partial charge in [-0.25, -0.2) is 4.98 Å². The summed E-state index contributed by atoms with van der Waals surface area (Å²) >= 11 is 6.14. The zero-order valence-corrected chi connectivity index (χ0v) is 16.0. The van der Waals surface area contributed by atoms with Gasteiger partial charge in [-0.15, -0.1) is 0 Å². The third-order valence-corrected chi connectivity index (χ3v) is 5.53. The molecule has 3 aromatic rings. The Morgan fingerprint density at radius 1 is 1.31 bits per heavy atom. The maximum Gasteiger partial charge on any atom is 0.181 e. The van der Waals surface area contributed by atoms with Gasteiger partial charge < -0.3 is 5.32 Å². The van der Waals surface area contributed by atoms with E-state index in [1.807, 2.05) is 19.2 Å². The summed E-state index contributed by atoms with van der Waals surface area (Å²) in [5, 5.41) is 12.8. The number of benzene rings is 1. The van der Waals surface area contributed by atoms with Gasteiger partial charge in [0.05, 0.1) is 11.9 Å². The number of hydrogen-bond acceptors (Lipinski definition) is 4. The summed E-state index contributed by atoms with van der Waals surface area (Å²) < 4.78 is 0. The first-order valence-electron chi connectivity index (χ1n) is 9.13. The van der Waals surface area contributed by atoms with E-state index in [2.05, 4.69) is 50.5 Å². The van der Waals surface area contributed by atoms with Crippen LogP contribution in [0.4, 0.5) is 5.69 Å². The van der Waals surface area contributed by atoms with Gasteiger partial charge in [-0.1, -0.05) is 23.7 Å². The fourth-order valence-electron chi connectivity index (χ4n) is 3.71. The zero-order chi connectivity index (χ0) is 18.1. The molecule has 0 saturated carbocycles. The van der Waals surface area contributed by atoms with E-state index in [9.17, 15) is 0 Å². The number of H-pyrrole nitrogens is 1. The van der Waals surface area contributed by atoms with Crippen molar-refractivity contribution in [3.8, 4) is 0 Å². The standard InChI is InChI=1S/C20H24ClN5/c1-13-8-15(5-6-19(13)21)11-26-7-3-4-16(12-26)23-17-9-18-14(2)24-25-20(18)22-10-17/h5-6,8-10,16,23H,3-4,7,11-12H2,1-2H3,(H,22,24,25). The normalized spacial score (nSPS) is 18.3. The van der Waals surface area contributed by atoms with Crippen LogP contribution in [0.2, 0.25) is 5.02 Å². The predicted molar refractivity (Wildman–Crippen MR) is 107 cm³/mol. The van der Waals surface area contributed by atoms with Gasteiger partial charge in [0.2, 0.25) is 0 Å². The molecule has 4 rings (SSSR count). The van der Waals surface area contributed by atoms with E-state index in [0.29, 0.717) is 6.04 Å². The number of anilines is 1. The Hall–Kier alpha value is -2.11. The van der Waals surface area contributed by atoms with Crippen molar-refractivity contribution < 1.29 is 0 Å². The van der Waals surface area contributed by atoms with Crippen molar-refractivity contribution in [3.05, 3.63) is 52.3 Å². The number of pyridine rings is 1. The molecule has 5 nitrogen and oxygen atoms in total. The number of halogens is 1. The molecule has 3 heterocycles. The maximum absolute atomic E-state index is 6.14. The lowest BCUT2D eigenvalue weighted by Crippen LogP contribution is -2.41. The van der Waals surface area contributed by atoms with E-state index in [1.54, 1.807) is 0 Å². The Morgan fingerprint density at radius 3 is 3.04 bits per heavy atom. The highest BCUT2D eigenvalue weighted by atomic mass is 35.5. The molecular weight excluding hydrogens is 346 g/mol. The Kier molecular flexibility index (Phi) is 4.83. The quantitative estimate of drug-likeness (QED) is 0.719. The number of aromatic nitrogens is 3. The molecule has 1 saturated heterocycles. The molecule has 1 atom stereocenters. The summed E-state index contributed by atoms with van der Waals surface area (Å²) in [4.78, 5) is 6.95. The van der Waals surface area contributed by atoms with E-state index in [4.69, 9.17) is 11.6 Å². The van der Waals surface area contributed by atoms with Crippen LogP contribution in [0.15, 0.2) is 30.5 Å². The van der Waals surface area contributed by atoms with Crippen molar-refractivity contribution in [1.29, 1.82) is 0 Å². The smallest absolute Gasteiger partial charge is 0.181 e. The highest BCUT2D eigenvalue weighted by molar-refractivity contribution is 6.31. The van der Waals surface area contributed by atoms with Crippen molar-refractivity contribution >= 4 is 28.3 Å². The van der Waals surface area contributed by atoms with Crippen molar-refractivity contribution in [2.45, 2.75) is 39.3 Å². The van der Waals surface area contributed by atoms with Crippen molar-refractivity contribution in [2.75, 3.05) is 18.4 Å². The van der Waals surface area contributed by atoms with Crippen LogP contribution in [-0.4, -0.2) is 39.2 Å². The van der Waals surface area contributed by atoms with Crippen LogP contribution in [0.5, 0.6) is 0 Å². The lowest BCUT2D eigenvalue weighted by Gasteiger charge is -2.33. The van der Waals surface area contributed by atoms with Crippen LogP contribution in [-0.2, 0) is 6.54 Å². The zero-order valence-electron chi connectivity index (χ0n) is 15.2. The summed E-state index contributed by atoms with van der Waals surface area (Å²) in [5.41, 5.74) is 5.36. The average molecular weight is 370 g/mol. The van der Waals surface area contributed by atoms with Gasteiger partial charge in [-0.2, -0.15) is 5.10 Å². The van der Waals surface area contributed by atoms with Crippen LogP contribution in [0, 0.1) is 13.8 Å². The van der Waals surface area contributed by atoms with Gasteiger partial charge in [0, 0.05) is 35.2 Å². The molecule has 2 N–H and O–H groups in total. The molecule has 2 aromatic heterocycles. The average Bonchev–Trinajstić information content (AvgIpc) is 2.99. The number of aryl methyl sites for hydroxylation is 2. The maximum atomic E-state index is 6.14. The second-order valence-corrected chi connectivity index (χ2v) is 7.65. The number of aromatic amines is 1. The highest BCUT2D eigenvalue weighted by Crippen LogP contribution is 2.22. The van der Waals surface area contributed by atoms with Gasteiger partial charge in [0.1, 0.15) is 0 Å². The second kappa shape index (κ2) is 7.25. The molecule has 1 aromatic carbocycles. The molecule has 26 heavy (non-hydrogen) atoms. The molecule has 6 heteroatoms. The SMILES string of the molecule is Cc1cc(CN2CCCC(Nc3cnc4n[nH]c(C)c4c3)C2)ccc1Cl. The number of hydrogen-bond donors (Lipinski definition) is 2. The molecule has 1 aliphatic heterocycles. The molecule has 1 unspecified atom stereocenters. The summed E-state index contributed by atoms with van der Waals surface area (Å²) in [5.74, 6) is 0. The first-order valence-corrected chi connectivity index (χ1v) is 9.51. The summed E-state index contributed by atoms with van der Waals surface area (Å²) in [6, 6.07) is 8.90. The third-order valence-electron chi connectivity index (χ3n) is 5.11. The molecule has 136 valence electrons. The van der Waals surface area contributed by atoms with Crippen LogP contribution in [0.1, 0.15) is 29.7 Å². The number of fused-ring (bicyclic) bond motifs is 1. The highest BCUT2D eigenvalue weighted by Gasteiger charge is 2.20. The fourth-order valence-corrected chi connectivity index (χ4v) is 3.83. The second-order valence-electron chi connectivity index (χ2n) is 7.25. The Balaban J connectivity index is 1.42. The first kappa shape index (κ1) is 17.3. The number of nitrogens with zero attached hydrogens (tertiary/aromatic N) is 3. The summed E-state index contributed by atoms with van der Waals surface area (Å²) in [6.07, 6.45) is 4.26. The molecule has 0 bridgehead atoms. The predicted octanol–water partition coefficient (Wildman–Crippen LogP) is 4.30. The molecule has 0 spiro atoms. The van der Waals surface area contributed by atoms with Crippen molar-refractivity contribution in [1.82, 2.24) is 20.1 Å². The van der Waals surface area contributed by atoms with Crippen LogP contribution < -0.4 is 5.32 Å². The largest absolute Gasteiger partial charge is 0.380 e. The Bertz CT molecular complexity index is 920. The first-order chi connectivity index (χ1) is 12.6. The minimum absolute atomic E-state index is 0.434. The molecule has 1 aliphatic rings. The van der Waals surface area contributed by atoms with Crippen molar-refractivity contribution in [3.63, 3.8) is 0 Å². The summed E-state index contributed by atoms with van der Waals surface area (Å²) in [6.45, 7) is 7.22. The lowest BCUT2D eigenvalue weighted by atomic mass is 10.0. The molecular formula is C20H24ClN5. The third kappa shape index (κ3) is 3.69. The number of likely N-dealkylation sites (tertiary alicyclic amines) is 1. The number of rotatable bonds is 4. The van der Waals surface area contributed by atoms with Gasteiger partial charge >= 0.3 is 0 Å². The monoisotopic (exact) mass is 369 g/mol. The van der Waals surface area contributed by atoms with E-state index < -0.39 is 0 Å². The molecule has 1 fully saturated rings. The molecule has 0 amide bonds. The Morgan fingerprint density at radius 2 is 2.19 bits per heavy atom. The van der Waals surface area contributed by atoms with Crippen LogP contribution >= 0.6 is 11.6 Å². The van der Waals surface area contributed by atoms with E-state index in [-0.39, 0.29) is 0 Å². The van der Waals surface area contributed by atoms with Gasteiger partial charge in [0.25, 0.3) is 0 Å². The molecule has 0 aliphatic carbocycles. The topological polar surface area (TPSA) is 56.8 Å². The van der Waals surface area contributed by atoms with Gasteiger partial charge in [0.15, 0.2) is 5.65 Å². The minimum atomic E-state index is 0.434. The lowest BCUT2D eigenvalue weighted by molar-refractivity contribution is 0.208. The van der Waals surface area contributed by atoms with Crippen LogP contribution in [0.25, 0.3) is 11.0 Å². The summed E-state index contributed by atoms with van der Waals surface area (Å²) in [7, 11) is 0. The molecule has 0 radical (unpaired) electrons. The Labute approximate surface area is 158 Å². The van der Waals surface area contributed by atoms with E-state index in [0.717, 1.165) is 52.6 Å². The fraction of sp³-hybridized carbons (Fsp3) is 0.400. The van der Waals surface area contributed by atoms with Gasteiger partial charge in [-0.3, -0.25) is 10.00 Å². The van der Waals surface area contributed by atoms with E-state index in [1.165, 1.54) is 18.4 Å². The van der Waals surface area contributed by atoms with Crippen LogP contribution in [0.3, 0.4) is 0 Å². The van der Waals surface area contributed by atoms with Crippen molar-refractivity contribution in [2.24, 2.45) is 0 Å². The van der Waals surface area contributed by atoms with E-state index >= 15 is 0 Å². The number of piperidine rings is 1. The number of nitrogens with one attached hydrogen (secondary N) is 2. The van der Waals surface area contributed by atoms with Gasteiger partial charge in [-0.05, 0) is 56.5 Å². The minimum Gasteiger partial charge on any atom is -0.380 e.